The summed E-state index contributed by atoms with van der Waals surface area (Å²) in [7, 11) is 3.36. The minimum atomic E-state index is -0.310. The number of rotatable bonds is 11. The molecular weight excluding hydrogens is 273 g/mol. The first-order valence-corrected chi connectivity index (χ1v) is 7.30. The van der Waals surface area contributed by atoms with Crippen molar-refractivity contribution in [3.8, 4) is 0 Å². The molecule has 0 amide bonds. The Labute approximate surface area is 126 Å². The molecule has 0 atom stereocenters. The lowest BCUT2D eigenvalue weighted by Gasteiger charge is -2.25. The van der Waals surface area contributed by atoms with Gasteiger partial charge in [0, 0.05) is 46.0 Å². The van der Waals surface area contributed by atoms with Crippen LogP contribution in [0.3, 0.4) is 0 Å². The lowest BCUT2D eigenvalue weighted by atomic mass is 10.2. The summed E-state index contributed by atoms with van der Waals surface area (Å²) in [6.45, 7) is 6.27. The molecule has 1 aromatic heterocycles. The van der Waals surface area contributed by atoms with Gasteiger partial charge in [-0.15, -0.1) is 0 Å². The highest BCUT2D eigenvalue weighted by molar-refractivity contribution is 5.47. The highest BCUT2D eigenvalue weighted by Gasteiger charge is 2.13. The van der Waals surface area contributed by atoms with Gasteiger partial charge in [-0.2, -0.15) is 0 Å². The second-order valence-corrected chi connectivity index (χ2v) is 4.74. The molecular formula is C15H26FN3O2. The number of pyridine rings is 1. The maximum absolute atomic E-state index is 13.4. The third-order valence-corrected chi connectivity index (χ3v) is 3.12. The van der Waals surface area contributed by atoms with Crippen molar-refractivity contribution in [1.82, 2.24) is 10.3 Å². The van der Waals surface area contributed by atoms with Crippen LogP contribution in [0.4, 0.5) is 10.2 Å². The number of anilines is 1. The molecule has 5 nitrogen and oxygen atoms in total. The fraction of sp³-hybridized carbons (Fsp3) is 0.667. The van der Waals surface area contributed by atoms with Crippen molar-refractivity contribution in [2.45, 2.75) is 19.9 Å². The first-order valence-electron chi connectivity index (χ1n) is 7.30. The molecule has 0 aliphatic heterocycles. The van der Waals surface area contributed by atoms with Crippen molar-refractivity contribution in [3.63, 3.8) is 0 Å². The Balaban J connectivity index is 2.86. The summed E-state index contributed by atoms with van der Waals surface area (Å²) in [5.74, 6) is 0.501. The summed E-state index contributed by atoms with van der Waals surface area (Å²) >= 11 is 0. The quantitative estimate of drug-likeness (QED) is 0.632. The number of hydrogen-bond donors (Lipinski definition) is 1. The number of aromatic nitrogens is 1. The number of halogens is 1. The van der Waals surface area contributed by atoms with E-state index >= 15 is 0 Å². The summed E-state index contributed by atoms with van der Waals surface area (Å²) < 4.78 is 23.7. The monoisotopic (exact) mass is 299 g/mol. The van der Waals surface area contributed by atoms with Gasteiger partial charge >= 0.3 is 0 Å². The zero-order valence-corrected chi connectivity index (χ0v) is 13.2. The predicted molar refractivity (Wildman–Crippen MR) is 82.2 cm³/mol. The van der Waals surface area contributed by atoms with Gasteiger partial charge in [0.1, 0.15) is 11.6 Å². The molecule has 1 rings (SSSR count). The molecule has 1 N–H and O–H groups in total. The van der Waals surface area contributed by atoms with E-state index in [9.17, 15) is 4.39 Å². The summed E-state index contributed by atoms with van der Waals surface area (Å²) in [6.07, 6.45) is 2.15. The van der Waals surface area contributed by atoms with Crippen molar-refractivity contribution in [3.05, 3.63) is 23.6 Å². The standard InChI is InChI=1S/C15H26FN3O2/c1-4-17-11-13-10-14(16)12-18-15(13)19(7-9-21-3)6-5-8-20-2/h10,12,17H,4-9,11H2,1-3H3. The fourth-order valence-electron chi connectivity index (χ4n) is 2.07. The van der Waals surface area contributed by atoms with Crippen molar-refractivity contribution < 1.29 is 13.9 Å². The molecule has 1 heterocycles. The topological polar surface area (TPSA) is 46.6 Å². The van der Waals surface area contributed by atoms with Crippen LogP contribution < -0.4 is 10.2 Å². The molecule has 120 valence electrons. The van der Waals surface area contributed by atoms with Crippen LogP contribution in [0.25, 0.3) is 0 Å². The van der Waals surface area contributed by atoms with Crippen molar-refractivity contribution >= 4 is 5.82 Å². The molecule has 0 unspecified atom stereocenters. The third-order valence-electron chi connectivity index (χ3n) is 3.12. The summed E-state index contributed by atoms with van der Waals surface area (Å²) in [5.41, 5.74) is 0.866. The molecule has 0 aliphatic carbocycles. The number of hydrogen-bond acceptors (Lipinski definition) is 5. The lowest BCUT2D eigenvalue weighted by Crippen LogP contribution is -2.31. The Morgan fingerprint density at radius 1 is 1.24 bits per heavy atom. The van der Waals surface area contributed by atoms with Gasteiger partial charge in [-0.3, -0.25) is 0 Å². The Bertz CT molecular complexity index is 405. The van der Waals surface area contributed by atoms with Crippen LogP contribution in [-0.4, -0.2) is 52.1 Å². The number of nitrogens with zero attached hydrogens (tertiary/aromatic N) is 2. The second kappa shape index (κ2) is 10.5. The minimum Gasteiger partial charge on any atom is -0.385 e. The molecule has 0 bridgehead atoms. The molecule has 0 aromatic carbocycles. The van der Waals surface area contributed by atoms with E-state index in [4.69, 9.17) is 9.47 Å². The van der Waals surface area contributed by atoms with Crippen LogP contribution in [0.1, 0.15) is 18.9 Å². The van der Waals surface area contributed by atoms with Crippen LogP contribution in [0.5, 0.6) is 0 Å². The van der Waals surface area contributed by atoms with Gasteiger partial charge in [0.15, 0.2) is 0 Å². The molecule has 0 spiro atoms. The Morgan fingerprint density at radius 2 is 2.00 bits per heavy atom. The Morgan fingerprint density at radius 3 is 2.67 bits per heavy atom. The highest BCUT2D eigenvalue weighted by atomic mass is 19.1. The molecule has 0 saturated heterocycles. The average molecular weight is 299 g/mol. The van der Waals surface area contributed by atoms with Crippen LogP contribution >= 0.6 is 0 Å². The second-order valence-electron chi connectivity index (χ2n) is 4.74. The van der Waals surface area contributed by atoms with E-state index in [0.29, 0.717) is 19.8 Å². The summed E-state index contributed by atoms with van der Waals surface area (Å²) in [6, 6.07) is 1.54. The third kappa shape index (κ3) is 6.37. The lowest BCUT2D eigenvalue weighted by molar-refractivity contribution is 0.191. The average Bonchev–Trinajstić information content (AvgIpc) is 2.49. The van der Waals surface area contributed by atoms with Crippen LogP contribution in [-0.2, 0) is 16.0 Å². The van der Waals surface area contributed by atoms with E-state index in [1.807, 2.05) is 6.92 Å². The van der Waals surface area contributed by atoms with Gasteiger partial charge in [-0.1, -0.05) is 6.92 Å². The maximum Gasteiger partial charge on any atom is 0.141 e. The molecule has 0 aliphatic rings. The number of nitrogens with one attached hydrogen (secondary N) is 1. The molecule has 6 heteroatoms. The zero-order chi connectivity index (χ0) is 15.5. The smallest absolute Gasteiger partial charge is 0.141 e. The summed E-state index contributed by atoms with van der Waals surface area (Å²) in [4.78, 5) is 6.40. The van der Waals surface area contributed by atoms with Crippen LogP contribution in [0.15, 0.2) is 12.3 Å². The van der Waals surface area contributed by atoms with Crippen molar-refractivity contribution in [1.29, 1.82) is 0 Å². The van der Waals surface area contributed by atoms with E-state index in [2.05, 4.69) is 15.2 Å². The Hall–Kier alpha value is -1.24. The van der Waals surface area contributed by atoms with Gasteiger partial charge in [0.05, 0.1) is 12.8 Å². The van der Waals surface area contributed by atoms with Crippen LogP contribution in [0, 0.1) is 5.82 Å². The molecule has 0 fully saturated rings. The number of ether oxygens (including phenoxy) is 2. The SMILES string of the molecule is CCNCc1cc(F)cnc1N(CCCOC)CCOC. The van der Waals surface area contributed by atoms with Gasteiger partial charge in [0.25, 0.3) is 0 Å². The molecule has 0 saturated carbocycles. The fourth-order valence-corrected chi connectivity index (χ4v) is 2.07. The van der Waals surface area contributed by atoms with E-state index in [1.165, 1.54) is 6.20 Å². The zero-order valence-electron chi connectivity index (χ0n) is 13.2. The van der Waals surface area contributed by atoms with Gasteiger partial charge < -0.3 is 19.7 Å². The van der Waals surface area contributed by atoms with E-state index in [-0.39, 0.29) is 5.82 Å². The first kappa shape index (κ1) is 17.8. The first-order chi connectivity index (χ1) is 10.2. The normalized spacial score (nSPS) is 10.9. The van der Waals surface area contributed by atoms with Gasteiger partial charge in [-0.25, -0.2) is 9.37 Å². The predicted octanol–water partition coefficient (Wildman–Crippen LogP) is 1.82. The van der Waals surface area contributed by atoms with Gasteiger partial charge in [0.2, 0.25) is 0 Å². The number of methoxy groups -OCH3 is 2. The van der Waals surface area contributed by atoms with Crippen molar-refractivity contribution in [2.24, 2.45) is 0 Å². The maximum atomic E-state index is 13.4. The molecule has 0 radical (unpaired) electrons. The van der Waals surface area contributed by atoms with Crippen LogP contribution in [0.2, 0.25) is 0 Å². The van der Waals surface area contributed by atoms with Gasteiger partial charge in [-0.05, 0) is 19.0 Å². The van der Waals surface area contributed by atoms with E-state index in [1.54, 1.807) is 20.3 Å². The van der Waals surface area contributed by atoms with E-state index < -0.39 is 0 Å². The van der Waals surface area contributed by atoms with E-state index in [0.717, 1.165) is 37.4 Å². The molecule has 1 aromatic rings. The highest BCUT2D eigenvalue weighted by Crippen LogP contribution is 2.19. The minimum absolute atomic E-state index is 0.310. The summed E-state index contributed by atoms with van der Waals surface area (Å²) in [5, 5.41) is 3.22. The molecule has 21 heavy (non-hydrogen) atoms. The van der Waals surface area contributed by atoms with Crippen molar-refractivity contribution in [2.75, 3.05) is 52.0 Å². The largest absolute Gasteiger partial charge is 0.385 e. The Kier molecular flexibility index (Phi) is 8.89.